The van der Waals surface area contributed by atoms with E-state index in [9.17, 15) is 0 Å². The van der Waals surface area contributed by atoms with Gasteiger partial charge in [0.25, 0.3) is 0 Å². The minimum absolute atomic E-state index is 0.308. The maximum atomic E-state index is 5.61. The van der Waals surface area contributed by atoms with Crippen LogP contribution in [-0.2, 0) is 9.47 Å². The van der Waals surface area contributed by atoms with Crippen molar-refractivity contribution in [1.82, 2.24) is 0 Å². The summed E-state index contributed by atoms with van der Waals surface area (Å²) >= 11 is 3.39. The fourth-order valence-corrected chi connectivity index (χ4v) is 1.53. The van der Waals surface area contributed by atoms with Gasteiger partial charge in [0.2, 0.25) is 0 Å². The highest BCUT2D eigenvalue weighted by molar-refractivity contribution is 9.09. The van der Waals surface area contributed by atoms with Crippen LogP contribution in [0.15, 0.2) is 0 Å². The van der Waals surface area contributed by atoms with Crippen LogP contribution in [0.5, 0.6) is 0 Å². The van der Waals surface area contributed by atoms with Crippen LogP contribution in [0.1, 0.15) is 26.7 Å². The lowest BCUT2D eigenvalue weighted by molar-refractivity contribution is -0.138. The second-order valence-corrected chi connectivity index (χ2v) is 4.07. The zero-order valence-electron chi connectivity index (χ0n) is 7.10. The summed E-state index contributed by atoms with van der Waals surface area (Å²) in [6, 6.07) is 0. The van der Waals surface area contributed by atoms with Crippen LogP contribution in [0.4, 0.5) is 0 Å². The van der Waals surface area contributed by atoms with Gasteiger partial charge in [-0.25, -0.2) is 0 Å². The first-order chi connectivity index (χ1) is 5.14. The molecule has 0 aliphatic carbocycles. The molecule has 0 amide bonds. The van der Waals surface area contributed by atoms with E-state index in [4.69, 9.17) is 9.47 Å². The van der Waals surface area contributed by atoms with Gasteiger partial charge >= 0.3 is 0 Å². The Hall–Kier alpha value is 0.400. The molecular formula is C8H15BrO2. The van der Waals surface area contributed by atoms with Crippen LogP contribution < -0.4 is 0 Å². The Morgan fingerprint density at radius 2 is 2.27 bits per heavy atom. The first-order valence-electron chi connectivity index (χ1n) is 4.02. The van der Waals surface area contributed by atoms with Crippen LogP contribution in [0.3, 0.4) is 0 Å². The van der Waals surface area contributed by atoms with E-state index in [1.807, 2.05) is 13.8 Å². The van der Waals surface area contributed by atoms with Crippen molar-refractivity contribution >= 4 is 15.9 Å². The SMILES string of the molecule is CC1(C)OC[C@H](CCCBr)O1. The molecule has 0 aromatic heterocycles. The molecule has 1 fully saturated rings. The second-order valence-electron chi connectivity index (χ2n) is 3.28. The topological polar surface area (TPSA) is 18.5 Å². The fraction of sp³-hybridized carbons (Fsp3) is 1.00. The standard InChI is InChI=1S/C8H15BrO2/c1-8(2)10-6-7(11-8)4-3-5-9/h7H,3-6H2,1-2H3/t7-/m0/s1. The van der Waals surface area contributed by atoms with Crippen molar-refractivity contribution in [2.45, 2.75) is 38.6 Å². The van der Waals surface area contributed by atoms with Gasteiger partial charge in [0, 0.05) is 5.33 Å². The molecule has 1 saturated heterocycles. The quantitative estimate of drug-likeness (QED) is 0.683. The second kappa shape index (κ2) is 3.87. The minimum atomic E-state index is -0.350. The number of rotatable bonds is 3. The smallest absolute Gasteiger partial charge is 0.163 e. The summed E-state index contributed by atoms with van der Waals surface area (Å²) in [5.41, 5.74) is 0. The summed E-state index contributed by atoms with van der Waals surface area (Å²) in [6.45, 7) is 4.67. The molecule has 0 aromatic rings. The lowest BCUT2D eigenvalue weighted by atomic mass is 10.2. The van der Waals surface area contributed by atoms with Crippen LogP contribution in [0.2, 0.25) is 0 Å². The van der Waals surface area contributed by atoms with E-state index in [-0.39, 0.29) is 5.79 Å². The number of ether oxygens (including phenoxy) is 2. The summed E-state index contributed by atoms with van der Waals surface area (Å²) in [5.74, 6) is -0.350. The van der Waals surface area contributed by atoms with Crippen molar-refractivity contribution in [2.24, 2.45) is 0 Å². The molecule has 3 heteroatoms. The molecule has 1 heterocycles. The van der Waals surface area contributed by atoms with Gasteiger partial charge in [-0.15, -0.1) is 0 Å². The Balaban J connectivity index is 2.20. The Labute approximate surface area is 76.4 Å². The molecule has 66 valence electrons. The molecule has 1 aliphatic rings. The third kappa shape index (κ3) is 3.09. The molecule has 0 radical (unpaired) electrons. The average molecular weight is 223 g/mol. The van der Waals surface area contributed by atoms with Crippen molar-refractivity contribution in [3.8, 4) is 0 Å². The van der Waals surface area contributed by atoms with E-state index in [1.54, 1.807) is 0 Å². The maximum Gasteiger partial charge on any atom is 0.163 e. The van der Waals surface area contributed by atoms with Gasteiger partial charge in [-0.3, -0.25) is 0 Å². The number of hydrogen-bond donors (Lipinski definition) is 0. The maximum absolute atomic E-state index is 5.61. The molecule has 0 saturated carbocycles. The first kappa shape index (κ1) is 9.49. The molecule has 1 rings (SSSR count). The predicted molar refractivity (Wildman–Crippen MR) is 47.9 cm³/mol. The first-order valence-corrected chi connectivity index (χ1v) is 5.14. The minimum Gasteiger partial charge on any atom is -0.348 e. The third-order valence-electron chi connectivity index (χ3n) is 1.73. The Morgan fingerprint density at radius 3 is 2.73 bits per heavy atom. The van der Waals surface area contributed by atoms with E-state index in [2.05, 4.69) is 15.9 Å². The van der Waals surface area contributed by atoms with Crippen molar-refractivity contribution in [3.63, 3.8) is 0 Å². The van der Waals surface area contributed by atoms with E-state index >= 15 is 0 Å². The van der Waals surface area contributed by atoms with Crippen LogP contribution in [0.25, 0.3) is 0 Å². The molecular weight excluding hydrogens is 208 g/mol. The predicted octanol–water partition coefficient (Wildman–Crippen LogP) is 2.31. The molecule has 0 bridgehead atoms. The number of halogens is 1. The fourth-order valence-electron chi connectivity index (χ4n) is 1.21. The highest BCUT2D eigenvalue weighted by atomic mass is 79.9. The van der Waals surface area contributed by atoms with Gasteiger partial charge in [0.05, 0.1) is 12.7 Å². The molecule has 11 heavy (non-hydrogen) atoms. The monoisotopic (exact) mass is 222 g/mol. The Bertz CT molecular complexity index is 125. The van der Waals surface area contributed by atoms with Crippen molar-refractivity contribution in [1.29, 1.82) is 0 Å². The molecule has 1 aliphatic heterocycles. The molecule has 1 atom stereocenters. The van der Waals surface area contributed by atoms with Crippen LogP contribution >= 0.6 is 15.9 Å². The zero-order valence-corrected chi connectivity index (χ0v) is 8.69. The van der Waals surface area contributed by atoms with Crippen molar-refractivity contribution in [2.75, 3.05) is 11.9 Å². The van der Waals surface area contributed by atoms with Crippen molar-refractivity contribution < 1.29 is 9.47 Å². The van der Waals surface area contributed by atoms with Gasteiger partial charge in [-0.05, 0) is 26.7 Å². The number of alkyl halides is 1. The van der Waals surface area contributed by atoms with Gasteiger partial charge < -0.3 is 9.47 Å². The summed E-state index contributed by atoms with van der Waals surface area (Å²) in [4.78, 5) is 0. The Kier molecular flexibility index (Phi) is 3.34. The molecule has 0 unspecified atom stereocenters. The lowest BCUT2D eigenvalue weighted by Gasteiger charge is -2.16. The van der Waals surface area contributed by atoms with Crippen molar-refractivity contribution in [3.05, 3.63) is 0 Å². The normalized spacial score (nSPS) is 29.2. The van der Waals surface area contributed by atoms with Crippen LogP contribution in [-0.4, -0.2) is 23.8 Å². The van der Waals surface area contributed by atoms with Gasteiger partial charge in [-0.2, -0.15) is 0 Å². The Morgan fingerprint density at radius 1 is 1.55 bits per heavy atom. The molecule has 0 N–H and O–H groups in total. The van der Waals surface area contributed by atoms with E-state index in [0.29, 0.717) is 6.10 Å². The summed E-state index contributed by atoms with van der Waals surface area (Å²) in [5, 5.41) is 1.05. The number of hydrogen-bond acceptors (Lipinski definition) is 2. The van der Waals surface area contributed by atoms with Gasteiger partial charge in [0.15, 0.2) is 5.79 Å². The van der Waals surface area contributed by atoms with E-state index in [0.717, 1.165) is 24.8 Å². The third-order valence-corrected chi connectivity index (χ3v) is 2.29. The van der Waals surface area contributed by atoms with Gasteiger partial charge in [0.1, 0.15) is 0 Å². The summed E-state index contributed by atoms with van der Waals surface area (Å²) in [6.07, 6.45) is 2.56. The zero-order chi connectivity index (χ0) is 8.32. The highest BCUT2D eigenvalue weighted by Gasteiger charge is 2.31. The highest BCUT2D eigenvalue weighted by Crippen LogP contribution is 2.24. The van der Waals surface area contributed by atoms with Gasteiger partial charge in [-0.1, -0.05) is 15.9 Å². The summed E-state index contributed by atoms with van der Waals surface area (Å²) in [7, 11) is 0. The van der Waals surface area contributed by atoms with E-state index < -0.39 is 0 Å². The van der Waals surface area contributed by atoms with Crippen LogP contribution in [0, 0.1) is 0 Å². The lowest BCUT2D eigenvalue weighted by Crippen LogP contribution is -2.21. The largest absolute Gasteiger partial charge is 0.348 e. The van der Waals surface area contributed by atoms with E-state index in [1.165, 1.54) is 0 Å². The summed E-state index contributed by atoms with van der Waals surface area (Å²) < 4.78 is 11.0. The average Bonchev–Trinajstić information content (AvgIpc) is 2.26. The molecule has 0 aromatic carbocycles. The molecule has 0 spiro atoms. The molecule has 2 nitrogen and oxygen atoms in total.